The van der Waals surface area contributed by atoms with Gasteiger partial charge in [-0.3, -0.25) is 0 Å². The number of ether oxygens (including phenoxy) is 2. The first-order valence-electron chi connectivity index (χ1n) is 4.58. The fourth-order valence-electron chi connectivity index (χ4n) is 1.24. The number of methoxy groups -OCH3 is 1. The first-order valence-corrected chi connectivity index (χ1v) is 4.58. The molecule has 0 radical (unpaired) electrons. The predicted molar refractivity (Wildman–Crippen MR) is 53.2 cm³/mol. The van der Waals surface area contributed by atoms with E-state index in [4.69, 9.17) is 9.47 Å². The van der Waals surface area contributed by atoms with Crippen LogP contribution in [0.4, 0.5) is 0 Å². The van der Waals surface area contributed by atoms with Gasteiger partial charge in [-0.05, 0) is 25.0 Å². The number of hydrogen-bond acceptors (Lipinski definition) is 2. The van der Waals surface area contributed by atoms with E-state index in [1.165, 1.54) is 5.56 Å². The zero-order valence-corrected chi connectivity index (χ0v) is 8.25. The van der Waals surface area contributed by atoms with Crippen LogP contribution >= 0.6 is 0 Å². The van der Waals surface area contributed by atoms with Crippen LogP contribution in [-0.4, -0.2) is 20.3 Å². The van der Waals surface area contributed by atoms with E-state index in [-0.39, 0.29) is 0 Å². The van der Waals surface area contributed by atoms with Crippen molar-refractivity contribution in [2.24, 2.45) is 0 Å². The van der Waals surface area contributed by atoms with Gasteiger partial charge < -0.3 is 9.47 Å². The normalized spacial score (nSPS) is 10.0. The molecule has 0 saturated carbocycles. The van der Waals surface area contributed by atoms with Crippen LogP contribution in [0.2, 0.25) is 0 Å². The Balaban J connectivity index is 2.54. The van der Waals surface area contributed by atoms with Gasteiger partial charge in [0, 0.05) is 6.61 Å². The summed E-state index contributed by atoms with van der Waals surface area (Å²) in [6.45, 7) is 3.54. The van der Waals surface area contributed by atoms with Crippen molar-refractivity contribution in [3.05, 3.63) is 29.8 Å². The van der Waals surface area contributed by atoms with E-state index in [2.05, 4.69) is 6.07 Å². The molecule has 1 aromatic rings. The second kappa shape index (κ2) is 5.60. The summed E-state index contributed by atoms with van der Waals surface area (Å²) in [5.41, 5.74) is 1.21. The molecule has 0 amide bonds. The monoisotopic (exact) mass is 180 g/mol. The molecular weight excluding hydrogens is 164 g/mol. The molecule has 0 bridgehead atoms. The second-order valence-corrected chi connectivity index (χ2v) is 2.76. The predicted octanol–water partition coefficient (Wildman–Crippen LogP) is 2.27. The highest BCUT2D eigenvalue weighted by Crippen LogP contribution is 2.17. The molecule has 0 aromatic heterocycles. The van der Waals surface area contributed by atoms with Gasteiger partial charge in [0.2, 0.25) is 0 Å². The van der Waals surface area contributed by atoms with Gasteiger partial charge in [0.1, 0.15) is 5.75 Å². The van der Waals surface area contributed by atoms with E-state index in [9.17, 15) is 0 Å². The molecule has 0 fully saturated rings. The molecule has 2 heteroatoms. The molecule has 0 aliphatic carbocycles. The Labute approximate surface area is 79.5 Å². The maximum Gasteiger partial charge on any atom is 0.122 e. The molecule has 0 saturated heterocycles. The molecule has 1 aromatic carbocycles. The van der Waals surface area contributed by atoms with E-state index in [1.54, 1.807) is 7.11 Å². The van der Waals surface area contributed by atoms with Crippen LogP contribution < -0.4 is 4.74 Å². The SMILES string of the molecule is CCOCCc1ccccc1OC. The fraction of sp³-hybridized carbons (Fsp3) is 0.455. The Morgan fingerprint density at radius 1 is 1.23 bits per heavy atom. The zero-order valence-electron chi connectivity index (χ0n) is 8.25. The highest BCUT2D eigenvalue weighted by atomic mass is 16.5. The Morgan fingerprint density at radius 2 is 2.00 bits per heavy atom. The molecule has 2 nitrogen and oxygen atoms in total. The average Bonchev–Trinajstić information content (AvgIpc) is 2.19. The lowest BCUT2D eigenvalue weighted by molar-refractivity contribution is 0.150. The summed E-state index contributed by atoms with van der Waals surface area (Å²) in [5.74, 6) is 0.946. The van der Waals surface area contributed by atoms with Crippen LogP contribution in [0.15, 0.2) is 24.3 Å². The van der Waals surface area contributed by atoms with Crippen LogP contribution in [0.1, 0.15) is 12.5 Å². The summed E-state index contributed by atoms with van der Waals surface area (Å²) in [4.78, 5) is 0. The highest BCUT2D eigenvalue weighted by Gasteiger charge is 1.99. The molecule has 0 N–H and O–H groups in total. The largest absolute Gasteiger partial charge is 0.496 e. The lowest BCUT2D eigenvalue weighted by Crippen LogP contribution is -1.99. The Kier molecular flexibility index (Phi) is 4.33. The standard InChI is InChI=1S/C11H16O2/c1-3-13-9-8-10-6-4-5-7-11(10)12-2/h4-7H,3,8-9H2,1-2H3. The molecule has 0 spiro atoms. The van der Waals surface area contributed by atoms with Crippen molar-refractivity contribution < 1.29 is 9.47 Å². The van der Waals surface area contributed by atoms with Crippen LogP contribution in [0.3, 0.4) is 0 Å². The summed E-state index contributed by atoms with van der Waals surface area (Å²) >= 11 is 0. The van der Waals surface area contributed by atoms with Crippen LogP contribution in [-0.2, 0) is 11.2 Å². The van der Waals surface area contributed by atoms with Gasteiger partial charge in [-0.15, -0.1) is 0 Å². The van der Waals surface area contributed by atoms with Gasteiger partial charge in [-0.2, -0.15) is 0 Å². The first-order chi connectivity index (χ1) is 6.38. The van der Waals surface area contributed by atoms with Crippen LogP contribution in [0.5, 0.6) is 5.75 Å². The molecule has 0 aliphatic rings. The number of benzene rings is 1. The minimum atomic E-state index is 0.761. The van der Waals surface area contributed by atoms with Crippen molar-refractivity contribution in [2.75, 3.05) is 20.3 Å². The lowest BCUT2D eigenvalue weighted by atomic mass is 10.1. The summed E-state index contributed by atoms with van der Waals surface area (Å²) in [5, 5.41) is 0. The van der Waals surface area contributed by atoms with Crippen molar-refractivity contribution >= 4 is 0 Å². The molecular formula is C11H16O2. The highest BCUT2D eigenvalue weighted by molar-refractivity contribution is 5.33. The van der Waals surface area contributed by atoms with E-state index >= 15 is 0 Å². The Bertz CT molecular complexity index is 246. The third kappa shape index (κ3) is 3.07. The third-order valence-corrected chi connectivity index (χ3v) is 1.91. The quantitative estimate of drug-likeness (QED) is 0.647. The molecule has 0 aliphatic heterocycles. The molecule has 0 heterocycles. The maximum absolute atomic E-state index is 5.28. The van der Waals surface area contributed by atoms with Gasteiger partial charge in [0.05, 0.1) is 13.7 Å². The van der Waals surface area contributed by atoms with Crippen molar-refractivity contribution in [1.29, 1.82) is 0 Å². The molecule has 0 atom stereocenters. The van der Waals surface area contributed by atoms with Crippen LogP contribution in [0, 0.1) is 0 Å². The first kappa shape index (κ1) is 10.1. The van der Waals surface area contributed by atoms with Gasteiger partial charge in [-0.25, -0.2) is 0 Å². The minimum absolute atomic E-state index is 0.761. The van der Waals surface area contributed by atoms with Crippen molar-refractivity contribution in [3.63, 3.8) is 0 Å². The third-order valence-electron chi connectivity index (χ3n) is 1.91. The minimum Gasteiger partial charge on any atom is -0.496 e. The van der Waals surface area contributed by atoms with Crippen molar-refractivity contribution in [3.8, 4) is 5.75 Å². The van der Waals surface area contributed by atoms with Gasteiger partial charge in [0.25, 0.3) is 0 Å². The number of para-hydroxylation sites is 1. The van der Waals surface area contributed by atoms with Crippen molar-refractivity contribution in [1.82, 2.24) is 0 Å². The summed E-state index contributed by atoms with van der Waals surface area (Å²) in [6, 6.07) is 8.03. The number of rotatable bonds is 5. The maximum atomic E-state index is 5.28. The molecule has 72 valence electrons. The van der Waals surface area contributed by atoms with E-state index < -0.39 is 0 Å². The Hall–Kier alpha value is -1.02. The molecule has 13 heavy (non-hydrogen) atoms. The summed E-state index contributed by atoms with van der Waals surface area (Å²) in [7, 11) is 1.69. The second-order valence-electron chi connectivity index (χ2n) is 2.76. The smallest absolute Gasteiger partial charge is 0.122 e. The summed E-state index contributed by atoms with van der Waals surface area (Å²) in [6.07, 6.45) is 0.915. The lowest BCUT2D eigenvalue weighted by Gasteiger charge is -2.07. The fourth-order valence-corrected chi connectivity index (χ4v) is 1.24. The van der Waals surface area contributed by atoms with Gasteiger partial charge in [0.15, 0.2) is 0 Å². The van der Waals surface area contributed by atoms with Crippen LogP contribution in [0.25, 0.3) is 0 Å². The van der Waals surface area contributed by atoms with Gasteiger partial charge >= 0.3 is 0 Å². The number of hydrogen-bond donors (Lipinski definition) is 0. The Morgan fingerprint density at radius 3 is 2.69 bits per heavy atom. The topological polar surface area (TPSA) is 18.5 Å². The van der Waals surface area contributed by atoms with E-state index in [0.29, 0.717) is 0 Å². The zero-order chi connectivity index (χ0) is 9.52. The average molecular weight is 180 g/mol. The van der Waals surface area contributed by atoms with Crippen molar-refractivity contribution in [2.45, 2.75) is 13.3 Å². The molecule has 0 unspecified atom stereocenters. The summed E-state index contributed by atoms with van der Waals surface area (Å²) < 4.78 is 10.5. The molecule has 1 rings (SSSR count). The van der Waals surface area contributed by atoms with E-state index in [1.807, 2.05) is 25.1 Å². The van der Waals surface area contributed by atoms with Gasteiger partial charge in [-0.1, -0.05) is 18.2 Å². The van der Waals surface area contributed by atoms with E-state index in [0.717, 1.165) is 25.4 Å².